The van der Waals surface area contributed by atoms with Crippen LogP contribution in [0.25, 0.3) is 6.08 Å². The number of amides is 1. The molecule has 2 atom stereocenters. The van der Waals surface area contributed by atoms with Gasteiger partial charge in [-0.2, -0.15) is 0 Å². The van der Waals surface area contributed by atoms with E-state index in [-0.39, 0.29) is 16.8 Å². The van der Waals surface area contributed by atoms with E-state index in [0.717, 1.165) is 43.0 Å². The van der Waals surface area contributed by atoms with Crippen molar-refractivity contribution in [3.05, 3.63) is 52.3 Å². The maximum absolute atomic E-state index is 15.0. The minimum Gasteiger partial charge on any atom is -0.444 e. The second-order valence-corrected chi connectivity index (χ2v) is 12.4. The van der Waals surface area contributed by atoms with E-state index in [1.165, 1.54) is 24.3 Å². The summed E-state index contributed by atoms with van der Waals surface area (Å²) in [7, 11) is 0. The third kappa shape index (κ3) is 7.27. The molecule has 1 aromatic carbocycles. The van der Waals surface area contributed by atoms with Crippen LogP contribution in [0.3, 0.4) is 0 Å². The number of hydrogen-bond acceptors (Lipinski definition) is 8. The summed E-state index contributed by atoms with van der Waals surface area (Å²) in [4.78, 5) is 44.4. The Bertz CT molecular complexity index is 1200. The number of nitrogens with zero attached hydrogens (tertiary/aromatic N) is 2. The molecule has 1 aromatic heterocycles. The number of ether oxygens (including phenoxy) is 1. The maximum Gasteiger partial charge on any atom is 0.413 e. The Morgan fingerprint density at radius 1 is 1.27 bits per heavy atom. The fraction of sp³-hybridized carbons (Fsp3) is 0.481. The van der Waals surface area contributed by atoms with Gasteiger partial charge in [-0.15, -0.1) is 11.3 Å². The van der Waals surface area contributed by atoms with Gasteiger partial charge in [-0.25, -0.2) is 14.2 Å². The molecule has 0 spiro atoms. The Kier molecular flexibility index (Phi) is 8.50. The third-order valence-electron chi connectivity index (χ3n) is 6.02. The summed E-state index contributed by atoms with van der Waals surface area (Å²) in [6.45, 7) is 7.43. The smallest absolute Gasteiger partial charge is 0.413 e. The highest BCUT2D eigenvalue weighted by atomic mass is 32.2. The molecule has 198 valence electrons. The Morgan fingerprint density at radius 3 is 2.65 bits per heavy atom. The molecule has 1 aliphatic carbocycles. The first-order valence-electron chi connectivity index (χ1n) is 12.4. The lowest BCUT2D eigenvalue weighted by Crippen LogP contribution is -2.45. The zero-order valence-electron chi connectivity index (χ0n) is 21.5. The van der Waals surface area contributed by atoms with Gasteiger partial charge < -0.3 is 4.74 Å². The average Bonchev–Trinajstić information content (AvgIpc) is 3.56. The molecule has 1 N–H and O–H groups in total. The number of thiazole rings is 1. The molecular weight excluding hydrogens is 513 g/mol. The molecule has 0 bridgehead atoms. The van der Waals surface area contributed by atoms with E-state index >= 15 is 0 Å². The number of ketones is 1. The Morgan fingerprint density at radius 2 is 2.00 bits per heavy atom. The fourth-order valence-electron chi connectivity index (χ4n) is 4.40. The fourth-order valence-corrected chi connectivity index (χ4v) is 6.07. The first-order valence-corrected chi connectivity index (χ1v) is 14.1. The van der Waals surface area contributed by atoms with Gasteiger partial charge in [0.25, 0.3) is 0 Å². The number of benzene rings is 1. The van der Waals surface area contributed by atoms with Gasteiger partial charge >= 0.3 is 6.09 Å². The second kappa shape index (κ2) is 11.4. The van der Waals surface area contributed by atoms with Gasteiger partial charge in [0, 0.05) is 30.3 Å². The van der Waals surface area contributed by atoms with Gasteiger partial charge in [-0.05, 0) is 64.2 Å². The molecule has 4 rings (SSSR count). The maximum atomic E-state index is 15.0. The molecule has 37 heavy (non-hydrogen) atoms. The van der Waals surface area contributed by atoms with Crippen molar-refractivity contribution >= 4 is 51.3 Å². The third-order valence-corrected chi connectivity index (χ3v) is 7.93. The predicted molar refractivity (Wildman–Crippen MR) is 145 cm³/mol. The molecule has 7 nitrogen and oxygen atoms in total. The number of piperidine rings is 1. The van der Waals surface area contributed by atoms with Crippen molar-refractivity contribution in [2.75, 3.05) is 11.9 Å². The molecular formula is C27H32FN3O4S2. The summed E-state index contributed by atoms with van der Waals surface area (Å²) in [6.07, 6.45) is 4.44. The highest BCUT2D eigenvalue weighted by molar-refractivity contribution is 8.14. The summed E-state index contributed by atoms with van der Waals surface area (Å²) < 4.78 is 20.3. The van der Waals surface area contributed by atoms with E-state index in [1.54, 1.807) is 39.0 Å². The number of anilines is 1. The van der Waals surface area contributed by atoms with E-state index in [9.17, 15) is 18.8 Å². The normalized spacial score (nSPS) is 20.5. The van der Waals surface area contributed by atoms with E-state index in [2.05, 4.69) is 10.3 Å². The van der Waals surface area contributed by atoms with E-state index in [1.807, 2.05) is 16.4 Å². The predicted octanol–water partition coefficient (Wildman–Crippen LogP) is 6.43. The van der Waals surface area contributed by atoms with E-state index < -0.39 is 28.9 Å². The molecule has 2 aliphatic rings. The highest BCUT2D eigenvalue weighted by Crippen LogP contribution is 2.43. The summed E-state index contributed by atoms with van der Waals surface area (Å²) in [6, 6.07) is 5.65. The Labute approximate surface area is 224 Å². The number of halogens is 1. The molecule has 1 amide bonds. The number of carbonyl (C=O) groups is 3. The van der Waals surface area contributed by atoms with Crippen LogP contribution in [-0.2, 0) is 14.3 Å². The van der Waals surface area contributed by atoms with Crippen LogP contribution in [0.5, 0.6) is 0 Å². The molecule has 2 fully saturated rings. The van der Waals surface area contributed by atoms with E-state index in [4.69, 9.17) is 4.74 Å². The first-order chi connectivity index (χ1) is 17.5. The number of carbonyl (C=O) groups excluding carboxylic acids is 3. The molecule has 1 aliphatic heterocycles. The number of nitrogens with one attached hydrogen (secondary N) is 1. The highest BCUT2D eigenvalue weighted by Gasteiger charge is 2.43. The van der Waals surface area contributed by atoms with Gasteiger partial charge in [-0.1, -0.05) is 30.0 Å². The summed E-state index contributed by atoms with van der Waals surface area (Å²) in [5.41, 5.74) is 1.30. The van der Waals surface area contributed by atoms with Crippen LogP contribution < -0.4 is 5.32 Å². The van der Waals surface area contributed by atoms with Crippen LogP contribution in [0.15, 0.2) is 35.2 Å². The summed E-state index contributed by atoms with van der Waals surface area (Å²) in [5.74, 6) is -0.471. The molecule has 1 saturated heterocycles. The van der Waals surface area contributed by atoms with Gasteiger partial charge in [0.2, 0.25) is 0 Å². The van der Waals surface area contributed by atoms with Crippen molar-refractivity contribution in [3.63, 3.8) is 0 Å². The molecule has 2 heterocycles. The van der Waals surface area contributed by atoms with Gasteiger partial charge in [-0.3, -0.25) is 19.8 Å². The Hall–Kier alpha value is -2.56. The van der Waals surface area contributed by atoms with Crippen molar-refractivity contribution in [2.24, 2.45) is 5.92 Å². The standard InChI is InChI=1S/C27H32FN3O4S2/c1-16(32)37-24-18(14-19-15-36-25(29-19)30-26(34)35-27(2,3)4)8-7-13-31(24)22(23(33)17-11-12-17)20-9-5-6-10-21(20)28/h5-6,9-10,14-15,17,22,24H,7-8,11-13H2,1-4H3,(H,29,30,34)/b18-14+. The van der Waals surface area contributed by atoms with Crippen LogP contribution in [0.2, 0.25) is 0 Å². The lowest BCUT2D eigenvalue weighted by Gasteiger charge is -2.41. The lowest BCUT2D eigenvalue weighted by atomic mass is 9.93. The molecule has 1 saturated carbocycles. The minimum absolute atomic E-state index is 0.0120. The van der Waals surface area contributed by atoms with Crippen LogP contribution in [0.1, 0.15) is 70.7 Å². The quantitative estimate of drug-likeness (QED) is 0.429. The monoisotopic (exact) mass is 545 g/mol. The summed E-state index contributed by atoms with van der Waals surface area (Å²) >= 11 is 2.41. The molecule has 2 unspecified atom stereocenters. The largest absolute Gasteiger partial charge is 0.444 e. The number of rotatable bonds is 7. The van der Waals surface area contributed by atoms with Gasteiger partial charge in [0.15, 0.2) is 16.0 Å². The van der Waals surface area contributed by atoms with Crippen molar-refractivity contribution in [1.82, 2.24) is 9.88 Å². The number of thioether (sulfide) groups is 1. The van der Waals surface area contributed by atoms with Gasteiger partial charge in [0.1, 0.15) is 11.4 Å². The van der Waals surface area contributed by atoms with Crippen molar-refractivity contribution in [3.8, 4) is 0 Å². The number of Topliss-reactive ketones (excluding diaryl/α,β-unsaturated/α-hetero) is 1. The van der Waals surface area contributed by atoms with Crippen molar-refractivity contribution in [1.29, 1.82) is 0 Å². The minimum atomic E-state index is -0.755. The van der Waals surface area contributed by atoms with Crippen LogP contribution >= 0.6 is 23.1 Å². The SMILES string of the molecule is CC(=O)SC1/C(=C/c2csc(NC(=O)OC(C)(C)C)n2)CCCN1C(C(=O)C1CC1)c1ccccc1F. The average molecular weight is 546 g/mol. The zero-order valence-corrected chi connectivity index (χ0v) is 23.1. The Balaban J connectivity index is 1.63. The van der Waals surface area contributed by atoms with Crippen LogP contribution in [-0.4, -0.2) is 44.4 Å². The van der Waals surface area contributed by atoms with Gasteiger partial charge in [0.05, 0.1) is 17.1 Å². The van der Waals surface area contributed by atoms with Crippen molar-refractivity contribution in [2.45, 2.75) is 70.4 Å². The zero-order chi connectivity index (χ0) is 26.7. The topological polar surface area (TPSA) is 88.6 Å². The molecule has 0 radical (unpaired) electrons. The lowest BCUT2D eigenvalue weighted by molar-refractivity contribution is -0.126. The summed E-state index contributed by atoms with van der Waals surface area (Å²) in [5, 5.41) is 4.36. The molecule has 10 heteroatoms. The number of likely N-dealkylation sites (tertiary alicyclic amines) is 1. The van der Waals surface area contributed by atoms with Crippen molar-refractivity contribution < 1.29 is 23.5 Å². The van der Waals surface area contributed by atoms with Crippen LogP contribution in [0, 0.1) is 11.7 Å². The second-order valence-electron chi connectivity index (χ2n) is 10.3. The first kappa shape index (κ1) is 27.5. The number of hydrogen-bond donors (Lipinski definition) is 1. The number of aromatic nitrogens is 1. The molecule has 2 aromatic rings. The van der Waals surface area contributed by atoms with Crippen LogP contribution in [0.4, 0.5) is 14.3 Å². The van der Waals surface area contributed by atoms with E-state index in [0.29, 0.717) is 22.9 Å².